The molecule has 0 atom stereocenters. The summed E-state index contributed by atoms with van der Waals surface area (Å²) >= 11 is 0. The highest BCUT2D eigenvalue weighted by atomic mass is 16.5. The summed E-state index contributed by atoms with van der Waals surface area (Å²) in [5.41, 5.74) is 2.21. The van der Waals surface area contributed by atoms with Crippen molar-refractivity contribution in [2.24, 2.45) is 0 Å². The van der Waals surface area contributed by atoms with E-state index < -0.39 is 0 Å². The van der Waals surface area contributed by atoms with Crippen LogP contribution in [0.5, 0.6) is 0 Å². The summed E-state index contributed by atoms with van der Waals surface area (Å²) < 4.78 is 10.6. The predicted octanol–water partition coefficient (Wildman–Crippen LogP) is 1.43. The molecule has 126 valence electrons. The van der Waals surface area contributed by atoms with Crippen LogP contribution in [0.1, 0.15) is 34.6 Å². The van der Waals surface area contributed by atoms with E-state index in [1.807, 2.05) is 6.07 Å². The largest absolute Gasteiger partial charge is 0.378 e. The second-order valence-electron chi connectivity index (χ2n) is 5.97. The third-order valence-corrected chi connectivity index (χ3v) is 4.41. The number of ether oxygens (including phenoxy) is 1. The first-order valence-corrected chi connectivity index (χ1v) is 8.26. The van der Waals surface area contributed by atoms with Gasteiger partial charge in [-0.15, -0.1) is 10.2 Å². The van der Waals surface area contributed by atoms with E-state index in [0.717, 1.165) is 55.8 Å². The summed E-state index contributed by atoms with van der Waals surface area (Å²) in [5.74, 6) is 0.862. The van der Waals surface area contributed by atoms with E-state index in [-0.39, 0.29) is 11.6 Å². The molecule has 8 nitrogen and oxygen atoms in total. The van der Waals surface area contributed by atoms with Crippen LogP contribution in [0.4, 0.5) is 11.7 Å². The average molecular weight is 329 g/mol. The first kappa shape index (κ1) is 15.1. The molecule has 0 radical (unpaired) electrons. The molecule has 8 heteroatoms. The number of rotatable bonds is 3. The number of anilines is 2. The van der Waals surface area contributed by atoms with E-state index in [0.29, 0.717) is 19.1 Å². The second-order valence-corrected chi connectivity index (χ2v) is 5.97. The Balaban J connectivity index is 1.45. The van der Waals surface area contributed by atoms with Gasteiger partial charge in [0.25, 0.3) is 5.91 Å². The Labute approximate surface area is 139 Å². The van der Waals surface area contributed by atoms with Crippen molar-refractivity contribution in [2.75, 3.05) is 36.5 Å². The van der Waals surface area contributed by atoms with E-state index in [1.54, 1.807) is 6.07 Å². The van der Waals surface area contributed by atoms with Crippen LogP contribution in [-0.4, -0.2) is 47.6 Å². The molecular weight excluding hydrogens is 310 g/mol. The maximum absolute atomic E-state index is 12.4. The first-order valence-electron chi connectivity index (χ1n) is 8.26. The van der Waals surface area contributed by atoms with Gasteiger partial charge in [-0.1, -0.05) is 5.16 Å². The molecule has 0 bridgehead atoms. The summed E-state index contributed by atoms with van der Waals surface area (Å²) in [6.07, 6.45) is 3.99. The lowest BCUT2D eigenvalue weighted by molar-refractivity contribution is 0.101. The maximum atomic E-state index is 12.4. The Morgan fingerprint density at radius 1 is 1.12 bits per heavy atom. The number of nitrogens with zero attached hydrogens (tertiary/aromatic N) is 4. The van der Waals surface area contributed by atoms with Gasteiger partial charge in [-0.2, -0.15) is 0 Å². The van der Waals surface area contributed by atoms with Gasteiger partial charge in [0.1, 0.15) is 0 Å². The SMILES string of the molecule is O=C(Nc1onc2c1CCCC2)c1ccc(N2CCOCC2)nn1. The van der Waals surface area contributed by atoms with Crippen LogP contribution >= 0.6 is 0 Å². The monoisotopic (exact) mass is 329 g/mol. The van der Waals surface area contributed by atoms with Gasteiger partial charge < -0.3 is 14.2 Å². The van der Waals surface area contributed by atoms with Crippen LogP contribution in [0.15, 0.2) is 16.7 Å². The molecule has 4 rings (SSSR count). The van der Waals surface area contributed by atoms with E-state index >= 15 is 0 Å². The second kappa shape index (κ2) is 6.56. The highest BCUT2D eigenvalue weighted by Crippen LogP contribution is 2.27. The Morgan fingerprint density at radius 2 is 1.96 bits per heavy atom. The molecule has 0 spiro atoms. The smallest absolute Gasteiger partial charge is 0.278 e. The average Bonchev–Trinajstić information content (AvgIpc) is 3.06. The van der Waals surface area contributed by atoms with E-state index in [1.165, 1.54) is 0 Å². The molecule has 2 aromatic heterocycles. The highest BCUT2D eigenvalue weighted by Gasteiger charge is 2.22. The summed E-state index contributed by atoms with van der Waals surface area (Å²) in [5, 5.41) is 15.0. The van der Waals surface area contributed by atoms with Crippen molar-refractivity contribution in [2.45, 2.75) is 25.7 Å². The summed E-state index contributed by atoms with van der Waals surface area (Å²) in [6, 6.07) is 3.49. The molecule has 3 heterocycles. The van der Waals surface area contributed by atoms with Crippen molar-refractivity contribution >= 4 is 17.6 Å². The molecule has 0 unspecified atom stereocenters. The fourth-order valence-electron chi connectivity index (χ4n) is 3.06. The number of carbonyl (C=O) groups excluding carboxylic acids is 1. The number of morpholine rings is 1. The third-order valence-electron chi connectivity index (χ3n) is 4.41. The summed E-state index contributed by atoms with van der Waals surface area (Å²) in [4.78, 5) is 14.4. The van der Waals surface area contributed by atoms with Crippen molar-refractivity contribution in [3.05, 3.63) is 29.1 Å². The zero-order valence-electron chi connectivity index (χ0n) is 13.3. The molecule has 1 aliphatic heterocycles. The molecule has 1 saturated heterocycles. The van der Waals surface area contributed by atoms with E-state index in [2.05, 4.69) is 25.6 Å². The van der Waals surface area contributed by atoms with E-state index in [4.69, 9.17) is 9.26 Å². The molecular formula is C16H19N5O3. The van der Waals surface area contributed by atoms with Crippen molar-refractivity contribution in [3.8, 4) is 0 Å². The normalized spacial score (nSPS) is 17.4. The van der Waals surface area contributed by atoms with Crippen LogP contribution in [0.3, 0.4) is 0 Å². The Hall–Kier alpha value is -2.48. The standard InChI is InChI=1S/C16H19N5O3/c22-15(17-16-11-3-1-2-4-12(11)20-24-16)13-5-6-14(19-18-13)21-7-9-23-10-8-21/h5-6H,1-4,7-10H2,(H,17,22). The van der Waals surface area contributed by atoms with Crippen LogP contribution in [0.25, 0.3) is 0 Å². The molecule has 2 aliphatic rings. The predicted molar refractivity (Wildman–Crippen MR) is 86.2 cm³/mol. The van der Waals surface area contributed by atoms with Crippen molar-refractivity contribution in [3.63, 3.8) is 0 Å². The van der Waals surface area contributed by atoms with Crippen molar-refractivity contribution in [1.82, 2.24) is 15.4 Å². The van der Waals surface area contributed by atoms with Crippen LogP contribution in [0, 0.1) is 0 Å². The Morgan fingerprint density at radius 3 is 2.75 bits per heavy atom. The fraction of sp³-hybridized carbons (Fsp3) is 0.500. The van der Waals surface area contributed by atoms with Crippen LogP contribution < -0.4 is 10.2 Å². The molecule has 1 fully saturated rings. The first-order chi connectivity index (χ1) is 11.8. The van der Waals surface area contributed by atoms with Gasteiger partial charge in [-0.3, -0.25) is 10.1 Å². The fourth-order valence-corrected chi connectivity index (χ4v) is 3.06. The van der Waals surface area contributed by atoms with Crippen LogP contribution in [-0.2, 0) is 17.6 Å². The number of carbonyl (C=O) groups is 1. The Kier molecular flexibility index (Phi) is 4.12. The minimum atomic E-state index is -0.333. The van der Waals surface area contributed by atoms with Gasteiger partial charge in [-0.25, -0.2) is 0 Å². The lowest BCUT2D eigenvalue weighted by Crippen LogP contribution is -2.37. The molecule has 0 saturated carbocycles. The van der Waals surface area contributed by atoms with Gasteiger partial charge >= 0.3 is 0 Å². The third kappa shape index (κ3) is 2.96. The zero-order valence-corrected chi connectivity index (χ0v) is 13.3. The van der Waals surface area contributed by atoms with Gasteiger partial charge in [0.15, 0.2) is 11.5 Å². The maximum Gasteiger partial charge on any atom is 0.278 e. The number of amides is 1. The number of hydrogen-bond acceptors (Lipinski definition) is 7. The lowest BCUT2D eigenvalue weighted by Gasteiger charge is -2.27. The molecule has 1 N–H and O–H groups in total. The van der Waals surface area contributed by atoms with Gasteiger partial charge in [-0.05, 0) is 37.8 Å². The number of nitrogens with one attached hydrogen (secondary N) is 1. The molecule has 0 aromatic carbocycles. The van der Waals surface area contributed by atoms with Gasteiger partial charge in [0.05, 0.1) is 18.9 Å². The summed E-state index contributed by atoms with van der Waals surface area (Å²) in [6.45, 7) is 2.93. The molecule has 24 heavy (non-hydrogen) atoms. The number of aromatic nitrogens is 3. The van der Waals surface area contributed by atoms with E-state index in [9.17, 15) is 4.79 Å². The lowest BCUT2D eigenvalue weighted by atomic mass is 9.98. The topological polar surface area (TPSA) is 93.4 Å². The van der Waals surface area contributed by atoms with Gasteiger partial charge in [0, 0.05) is 18.7 Å². The molecule has 1 aliphatic carbocycles. The van der Waals surface area contributed by atoms with Crippen molar-refractivity contribution < 1.29 is 14.1 Å². The highest BCUT2D eigenvalue weighted by molar-refractivity contribution is 6.02. The minimum absolute atomic E-state index is 0.257. The Bertz CT molecular complexity index is 722. The molecule has 2 aromatic rings. The minimum Gasteiger partial charge on any atom is -0.378 e. The number of hydrogen-bond donors (Lipinski definition) is 1. The number of aryl methyl sites for hydroxylation is 1. The summed E-state index contributed by atoms with van der Waals surface area (Å²) in [7, 11) is 0. The van der Waals surface area contributed by atoms with Crippen LogP contribution in [0.2, 0.25) is 0 Å². The quantitative estimate of drug-likeness (QED) is 0.910. The van der Waals surface area contributed by atoms with Crippen molar-refractivity contribution in [1.29, 1.82) is 0 Å². The molecule has 1 amide bonds. The van der Waals surface area contributed by atoms with Gasteiger partial charge in [0.2, 0.25) is 5.88 Å². The zero-order chi connectivity index (χ0) is 16.4. The number of fused-ring (bicyclic) bond motifs is 1.